The van der Waals surface area contributed by atoms with Crippen molar-refractivity contribution in [3.8, 4) is 5.75 Å². The number of carbonyl (C=O) groups excluding carboxylic acids is 2. The van der Waals surface area contributed by atoms with E-state index in [0.29, 0.717) is 33.5 Å². The number of nitrogens with one attached hydrogen (secondary N) is 2. The monoisotopic (exact) mass is 499 g/mol. The van der Waals surface area contributed by atoms with E-state index in [-0.39, 0.29) is 4.90 Å². The summed E-state index contributed by atoms with van der Waals surface area (Å²) in [5.41, 5.74) is 7.58. The first-order valence-electron chi connectivity index (χ1n) is 10.7. The van der Waals surface area contributed by atoms with Crippen molar-refractivity contribution < 1.29 is 22.7 Å². The third kappa shape index (κ3) is 4.92. The number of primary amides is 1. The number of nitrogens with two attached hydrogens (primary N) is 1. The molecule has 3 aromatic rings. The molecule has 0 fully saturated rings. The standard InChI is InChI=1S/C24H25N3O5S2/c1-14-3-12-19-20(13-14)33-24(21(19)22(25)28)26-23(29)15-4-6-16(7-5-15)27-34(30,31)18-10-8-17(32-2)9-11-18/h4-11,14,27H,3,12-13H2,1-2H3,(H2,25,28)(H,26,29). The number of benzene rings is 2. The van der Waals surface area contributed by atoms with Gasteiger partial charge in [-0.25, -0.2) is 8.42 Å². The molecule has 0 bridgehead atoms. The Bertz CT molecular complexity index is 1330. The molecule has 0 saturated heterocycles. The minimum absolute atomic E-state index is 0.0880. The van der Waals surface area contributed by atoms with Crippen LogP contribution in [0.4, 0.5) is 10.7 Å². The summed E-state index contributed by atoms with van der Waals surface area (Å²) < 4.78 is 32.8. The van der Waals surface area contributed by atoms with Crippen molar-refractivity contribution in [3.05, 3.63) is 70.1 Å². The molecule has 2 aromatic carbocycles. The van der Waals surface area contributed by atoms with Gasteiger partial charge in [-0.3, -0.25) is 14.3 Å². The van der Waals surface area contributed by atoms with Gasteiger partial charge in [0.25, 0.3) is 21.8 Å². The zero-order chi connectivity index (χ0) is 24.5. The minimum atomic E-state index is -3.80. The highest BCUT2D eigenvalue weighted by molar-refractivity contribution is 7.92. The molecule has 1 aliphatic carbocycles. The SMILES string of the molecule is COc1ccc(S(=O)(=O)Nc2ccc(C(=O)Nc3sc4c(c3C(N)=O)CCC(C)C4)cc2)cc1. The van der Waals surface area contributed by atoms with Gasteiger partial charge in [0.1, 0.15) is 10.8 Å². The molecule has 0 aliphatic heterocycles. The highest BCUT2D eigenvalue weighted by atomic mass is 32.2. The van der Waals surface area contributed by atoms with Crippen LogP contribution in [0.25, 0.3) is 0 Å². The average molecular weight is 500 g/mol. The van der Waals surface area contributed by atoms with Crippen molar-refractivity contribution in [2.75, 3.05) is 17.1 Å². The maximum atomic E-state index is 12.8. The average Bonchev–Trinajstić information content (AvgIpc) is 3.16. The lowest BCUT2D eigenvalue weighted by molar-refractivity contribution is 0.1000. The predicted octanol–water partition coefficient (Wildman–Crippen LogP) is 4.03. The number of thiophene rings is 1. The fraction of sp³-hybridized carbons (Fsp3) is 0.250. The molecule has 178 valence electrons. The van der Waals surface area contributed by atoms with E-state index in [4.69, 9.17) is 10.5 Å². The molecule has 10 heteroatoms. The number of hydrogen-bond acceptors (Lipinski definition) is 6. The lowest BCUT2D eigenvalue weighted by Crippen LogP contribution is -2.19. The number of anilines is 2. The van der Waals surface area contributed by atoms with Crippen molar-refractivity contribution in [2.24, 2.45) is 11.7 Å². The van der Waals surface area contributed by atoms with E-state index in [1.807, 2.05) is 0 Å². The van der Waals surface area contributed by atoms with Gasteiger partial charge in [0.2, 0.25) is 0 Å². The normalized spacial score (nSPS) is 15.3. The number of hydrogen-bond donors (Lipinski definition) is 3. The molecule has 1 atom stereocenters. The van der Waals surface area contributed by atoms with Gasteiger partial charge in [-0.05, 0) is 79.3 Å². The largest absolute Gasteiger partial charge is 0.497 e. The summed E-state index contributed by atoms with van der Waals surface area (Å²) in [6.07, 6.45) is 2.61. The Labute approximate surface area is 202 Å². The fourth-order valence-electron chi connectivity index (χ4n) is 3.93. The van der Waals surface area contributed by atoms with Crippen LogP contribution in [0.1, 0.15) is 44.5 Å². The number of fused-ring (bicyclic) bond motifs is 1. The molecule has 1 aliphatic rings. The van der Waals surface area contributed by atoms with Crippen LogP contribution in [0.2, 0.25) is 0 Å². The zero-order valence-corrected chi connectivity index (χ0v) is 20.4. The maximum Gasteiger partial charge on any atom is 0.261 e. The molecule has 0 spiro atoms. The van der Waals surface area contributed by atoms with Gasteiger partial charge >= 0.3 is 0 Å². The maximum absolute atomic E-state index is 12.8. The van der Waals surface area contributed by atoms with Crippen LogP contribution in [-0.4, -0.2) is 27.3 Å². The molecule has 2 amide bonds. The first kappa shape index (κ1) is 23.8. The smallest absolute Gasteiger partial charge is 0.261 e. The first-order chi connectivity index (χ1) is 16.2. The molecule has 34 heavy (non-hydrogen) atoms. The van der Waals surface area contributed by atoms with Gasteiger partial charge in [-0.2, -0.15) is 0 Å². The highest BCUT2D eigenvalue weighted by Gasteiger charge is 2.27. The van der Waals surface area contributed by atoms with Gasteiger partial charge in [-0.1, -0.05) is 6.92 Å². The lowest BCUT2D eigenvalue weighted by atomic mass is 9.88. The third-order valence-electron chi connectivity index (χ3n) is 5.75. The third-order valence-corrected chi connectivity index (χ3v) is 8.32. The Balaban J connectivity index is 1.49. The summed E-state index contributed by atoms with van der Waals surface area (Å²) >= 11 is 1.39. The highest BCUT2D eigenvalue weighted by Crippen LogP contribution is 2.39. The molecule has 4 rings (SSSR count). The Morgan fingerprint density at radius 2 is 1.76 bits per heavy atom. The summed E-state index contributed by atoms with van der Waals surface area (Å²) in [5.74, 6) is 0.115. The zero-order valence-electron chi connectivity index (χ0n) is 18.8. The van der Waals surface area contributed by atoms with Crippen LogP contribution in [0.5, 0.6) is 5.75 Å². The second kappa shape index (κ2) is 9.47. The van der Waals surface area contributed by atoms with Crippen molar-refractivity contribution in [1.82, 2.24) is 0 Å². The van der Waals surface area contributed by atoms with Crippen LogP contribution in [0.15, 0.2) is 53.4 Å². The summed E-state index contributed by atoms with van der Waals surface area (Å²) in [6, 6.07) is 12.1. The van der Waals surface area contributed by atoms with E-state index in [2.05, 4.69) is 17.0 Å². The summed E-state index contributed by atoms with van der Waals surface area (Å²) in [7, 11) is -2.30. The summed E-state index contributed by atoms with van der Waals surface area (Å²) in [4.78, 5) is 26.1. The molecule has 1 unspecified atom stereocenters. The van der Waals surface area contributed by atoms with Crippen molar-refractivity contribution >= 4 is 43.9 Å². The van der Waals surface area contributed by atoms with Crippen LogP contribution in [-0.2, 0) is 22.9 Å². The van der Waals surface area contributed by atoms with E-state index in [0.717, 1.165) is 29.7 Å². The van der Waals surface area contributed by atoms with Gasteiger partial charge in [0.15, 0.2) is 0 Å². The molecule has 1 aromatic heterocycles. The van der Waals surface area contributed by atoms with Gasteiger partial charge in [0, 0.05) is 16.1 Å². The lowest BCUT2D eigenvalue weighted by Gasteiger charge is -2.18. The Kier molecular flexibility index (Phi) is 6.63. The fourth-order valence-corrected chi connectivity index (χ4v) is 6.40. The van der Waals surface area contributed by atoms with Gasteiger partial charge < -0.3 is 15.8 Å². The molecular formula is C24H25N3O5S2. The van der Waals surface area contributed by atoms with Crippen molar-refractivity contribution in [1.29, 1.82) is 0 Å². The predicted molar refractivity (Wildman–Crippen MR) is 132 cm³/mol. The van der Waals surface area contributed by atoms with Crippen LogP contribution < -0.4 is 20.5 Å². The molecule has 1 heterocycles. The number of carbonyl (C=O) groups is 2. The van der Waals surface area contributed by atoms with Crippen LogP contribution >= 0.6 is 11.3 Å². The van der Waals surface area contributed by atoms with Gasteiger partial charge in [0.05, 0.1) is 17.6 Å². The Morgan fingerprint density at radius 1 is 1.09 bits per heavy atom. The quantitative estimate of drug-likeness (QED) is 0.452. The molecule has 0 radical (unpaired) electrons. The minimum Gasteiger partial charge on any atom is -0.497 e. The van der Waals surface area contributed by atoms with Gasteiger partial charge in [-0.15, -0.1) is 11.3 Å². The number of ether oxygens (including phenoxy) is 1. The number of methoxy groups -OCH3 is 1. The summed E-state index contributed by atoms with van der Waals surface area (Å²) in [6.45, 7) is 2.16. The second-order valence-corrected chi connectivity index (χ2v) is 11.0. The van der Waals surface area contributed by atoms with Crippen molar-refractivity contribution in [2.45, 2.75) is 31.1 Å². The number of rotatable bonds is 7. The molecule has 4 N–H and O–H groups in total. The second-order valence-electron chi connectivity index (χ2n) is 8.23. The van der Waals surface area contributed by atoms with E-state index in [9.17, 15) is 18.0 Å². The number of sulfonamides is 1. The van der Waals surface area contributed by atoms with E-state index in [1.165, 1.54) is 54.8 Å². The van der Waals surface area contributed by atoms with E-state index < -0.39 is 21.8 Å². The Morgan fingerprint density at radius 3 is 2.38 bits per heavy atom. The summed E-state index contributed by atoms with van der Waals surface area (Å²) in [5, 5.41) is 3.27. The topological polar surface area (TPSA) is 128 Å². The van der Waals surface area contributed by atoms with E-state index in [1.54, 1.807) is 12.1 Å². The molecule has 0 saturated carbocycles. The molecular weight excluding hydrogens is 474 g/mol. The van der Waals surface area contributed by atoms with Crippen LogP contribution in [0.3, 0.4) is 0 Å². The first-order valence-corrected chi connectivity index (χ1v) is 13.0. The van der Waals surface area contributed by atoms with Crippen molar-refractivity contribution in [3.63, 3.8) is 0 Å². The van der Waals surface area contributed by atoms with Crippen LogP contribution in [0, 0.1) is 5.92 Å². The van der Waals surface area contributed by atoms with E-state index >= 15 is 0 Å². The Hall–Kier alpha value is -3.37. The molecule has 8 nitrogen and oxygen atoms in total. The number of amides is 2.